The van der Waals surface area contributed by atoms with Crippen molar-refractivity contribution in [3.8, 4) is 11.4 Å². The summed E-state index contributed by atoms with van der Waals surface area (Å²) in [7, 11) is 0. The minimum atomic E-state index is -0.0853. The zero-order chi connectivity index (χ0) is 19.6. The molecule has 5 heteroatoms. The van der Waals surface area contributed by atoms with Gasteiger partial charge in [-0.25, -0.2) is 0 Å². The van der Waals surface area contributed by atoms with Gasteiger partial charge in [0.05, 0.1) is 0 Å². The van der Waals surface area contributed by atoms with Crippen molar-refractivity contribution in [2.24, 2.45) is 0 Å². The van der Waals surface area contributed by atoms with Crippen LogP contribution >= 0.6 is 11.3 Å². The summed E-state index contributed by atoms with van der Waals surface area (Å²) in [4.78, 5) is 14.2. The molecule has 0 spiro atoms. The predicted octanol–water partition coefficient (Wildman–Crippen LogP) is 4.32. The zero-order valence-electron chi connectivity index (χ0n) is 16.1. The first-order chi connectivity index (χ1) is 14.3. The summed E-state index contributed by atoms with van der Waals surface area (Å²) in [5.41, 5.74) is 3.33. The SMILES string of the molecule is O=c1cc(OCc2ccccc2)ccn1-c1ccc2sc3c(c2c1)CCNCC3. The van der Waals surface area contributed by atoms with Gasteiger partial charge < -0.3 is 10.1 Å². The van der Waals surface area contributed by atoms with Crippen molar-refractivity contribution in [3.05, 3.63) is 93.2 Å². The molecule has 4 aromatic rings. The number of rotatable bonds is 4. The molecule has 1 aliphatic heterocycles. The number of hydrogen-bond donors (Lipinski definition) is 1. The molecule has 2 aromatic carbocycles. The van der Waals surface area contributed by atoms with Crippen molar-refractivity contribution in [2.45, 2.75) is 19.4 Å². The molecule has 0 unspecified atom stereocenters. The number of ether oxygens (including phenoxy) is 1. The fourth-order valence-electron chi connectivity index (χ4n) is 3.86. The largest absolute Gasteiger partial charge is 0.489 e. The van der Waals surface area contributed by atoms with Crippen LogP contribution in [-0.4, -0.2) is 17.7 Å². The van der Waals surface area contributed by atoms with E-state index in [1.54, 1.807) is 16.8 Å². The molecule has 146 valence electrons. The van der Waals surface area contributed by atoms with Crippen molar-refractivity contribution >= 4 is 21.4 Å². The summed E-state index contributed by atoms with van der Waals surface area (Å²) in [6.45, 7) is 2.50. The second kappa shape index (κ2) is 7.85. The third-order valence-corrected chi connectivity index (χ3v) is 6.63. The Morgan fingerprint density at radius 3 is 2.72 bits per heavy atom. The van der Waals surface area contributed by atoms with Gasteiger partial charge in [-0.1, -0.05) is 30.3 Å². The summed E-state index contributed by atoms with van der Waals surface area (Å²) in [5, 5.41) is 4.75. The van der Waals surface area contributed by atoms with Gasteiger partial charge in [-0.2, -0.15) is 0 Å². The third-order valence-electron chi connectivity index (χ3n) is 5.36. The molecule has 0 amide bonds. The number of hydrogen-bond acceptors (Lipinski definition) is 4. The van der Waals surface area contributed by atoms with Crippen LogP contribution in [0.1, 0.15) is 16.0 Å². The molecule has 1 N–H and O–H groups in total. The first-order valence-electron chi connectivity index (χ1n) is 9.93. The molecule has 0 atom stereocenters. The van der Waals surface area contributed by atoms with Crippen LogP contribution in [0.4, 0.5) is 0 Å². The van der Waals surface area contributed by atoms with Crippen molar-refractivity contribution in [1.82, 2.24) is 9.88 Å². The maximum Gasteiger partial charge on any atom is 0.258 e. The molecule has 2 aromatic heterocycles. The van der Waals surface area contributed by atoms with E-state index in [0.29, 0.717) is 12.4 Å². The van der Waals surface area contributed by atoms with Crippen LogP contribution in [0.5, 0.6) is 5.75 Å². The van der Waals surface area contributed by atoms with Gasteiger partial charge in [0.15, 0.2) is 0 Å². The Balaban J connectivity index is 1.43. The molecule has 3 heterocycles. The van der Waals surface area contributed by atoms with E-state index >= 15 is 0 Å². The number of thiophene rings is 1. The quantitative estimate of drug-likeness (QED) is 0.553. The highest BCUT2D eigenvalue weighted by Gasteiger charge is 2.15. The molecule has 0 bridgehead atoms. The second-order valence-corrected chi connectivity index (χ2v) is 8.42. The van der Waals surface area contributed by atoms with Gasteiger partial charge in [0.2, 0.25) is 0 Å². The molecule has 0 radical (unpaired) electrons. The Morgan fingerprint density at radius 1 is 1.00 bits per heavy atom. The first-order valence-corrected chi connectivity index (χ1v) is 10.7. The van der Waals surface area contributed by atoms with E-state index < -0.39 is 0 Å². The van der Waals surface area contributed by atoms with Gasteiger partial charge >= 0.3 is 0 Å². The zero-order valence-corrected chi connectivity index (χ0v) is 16.9. The van der Waals surface area contributed by atoms with Crippen molar-refractivity contribution < 1.29 is 4.74 Å². The number of aromatic nitrogens is 1. The molecule has 0 fully saturated rings. The monoisotopic (exact) mass is 402 g/mol. The number of nitrogens with zero attached hydrogens (tertiary/aromatic N) is 1. The Morgan fingerprint density at radius 2 is 1.86 bits per heavy atom. The van der Waals surface area contributed by atoms with E-state index in [-0.39, 0.29) is 5.56 Å². The van der Waals surface area contributed by atoms with Gasteiger partial charge in [0.1, 0.15) is 12.4 Å². The smallest absolute Gasteiger partial charge is 0.258 e. The first kappa shape index (κ1) is 18.2. The van der Waals surface area contributed by atoms with E-state index in [9.17, 15) is 4.79 Å². The highest BCUT2D eigenvalue weighted by Crippen LogP contribution is 2.34. The molecular formula is C24H22N2O2S. The third kappa shape index (κ3) is 3.71. The predicted molar refractivity (Wildman–Crippen MR) is 118 cm³/mol. The van der Waals surface area contributed by atoms with E-state index in [1.807, 2.05) is 53.8 Å². The maximum atomic E-state index is 12.7. The summed E-state index contributed by atoms with van der Waals surface area (Å²) in [5.74, 6) is 0.589. The minimum absolute atomic E-state index is 0.0853. The Labute approximate surface area is 173 Å². The summed E-state index contributed by atoms with van der Waals surface area (Å²) < 4.78 is 8.78. The average Bonchev–Trinajstić information content (AvgIpc) is 2.93. The van der Waals surface area contributed by atoms with Crippen molar-refractivity contribution in [2.75, 3.05) is 13.1 Å². The molecule has 5 rings (SSSR count). The summed E-state index contributed by atoms with van der Waals surface area (Å²) >= 11 is 1.88. The Bertz CT molecular complexity index is 1210. The van der Waals surface area contributed by atoms with Gasteiger partial charge in [-0.3, -0.25) is 9.36 Å². The van der Waals surface area contributed by atoms with Crippen LogP contribution < -0.4 is 15.6 Å². The van der Waals surface area contributed by atoms with Crippen molar-refractivity contribution in [3.63, 3.8) is 0 Å². The van der Waals surface area contributed by atoms with Crippen LogP contribution in [0.2, 0.25) is 0 Å². The van der Waals surface area contributed by atoms with Gasteiger partial charge in [-0.05, 0) is 66.7 Å². The number of pyridine rings is 1. The highest BCUT2D eigenvalue weighted by atomic mass is 32.1. The Hall–Kier alpha value is -2.89. The lowest BCUT2D eigenvalue weighted by Gasteiger charge is -2.10. The van der Waals surface area contributed by atoms with E-state index in [0.717, 1.165) is 37.2 Å². The Kier molecular flexibility index (Phi) is 4.92. The standard InChI is InChI=1S/C24H22N2O2S/c27-24-15-19(28-16-17-4-2-1-3-5-17)10-13-26(24)18-6-7-22-21(14-18)20-8-11-25-12-9-23(20)29-22/h1-7,10,13-15,25H,8-9,11-12,16H2. The number of benzene rings is 2. The van der Waals surface area contributed by atoms with E-state index in [1.165, 1.54) is 20.5 Å². The number of nitrogens with one attached hydrogen (secondary N) is 1. The number of fused-ring (bicyclic) bond motifs is 3. The minimum Gasteiger partial charge on any atom is -0.489 e. The molecule has 1 aliphatic rings. The summed E-state index contributed by atoms with van der Waals surface area (Å²) in [6.07, 6.45) is 3.92. The highest BCUT2D eigenvalue weighted by molar-refractivity contribution is 7.19. The van der Waals surface area contributed by atoms with Gasteiger partial charge in [0.25, 0.3) is 5.56 Å². The lowest BCUT2D eigenvalue weighted by atomic mass is 10.1. The van der Waals surface area contributed by atoms with Crippen molar-refractivity contribution in [1.29, 1.82) is 0 Å². The van der Waals surface area contributed by atoms with Crippen LogP contribution in [0.3, 0.4) is 0 Å². The normalized spacial score (nSPS) is 13.8. The lowest BCUT2D eigenvalue weighted by Crippen LogP contribution is -2.17. The molecule has 0 saturated heterocycles. The molecule has 0 aliphatic carbocycles. The van der Waals surface area contributed by atoms with Crippen LogP contribution in [0.25, 0.3) is 15.8 Å². The summed E-state index contributed by atoms with van der Waals surface area (Å²) in [6, 6.07) is 19.7. The second-order valence-electron chi connectivity index (χ2n) is 7.28. The maximum absolute atomic E-state index is 12.7. The lowest BCUT2D eigenvalue weighted by molar-refractivity contribution is 0.305. The van der Waals surface area contributed by atoms with Crippen LogP contribution in [-0.2, 0) is 19.4 Å². The van der Waals surface area contributed by atoms with Crippen LogP contribution in [0.15, 0.2) is 71.7 Å². The molecular weight excluding hydrogens is 380 g/mol. The average molecular weight is 403 g/mol. The fraction of sp³-hybridized carbons (Fsp3) is 0.208. The van der Waals surface area contributed by atoms with E-state index in [4.69, 9.17) is 4.74 Å². The molecule has 29 heavy (non-hydrogen) atoms. The molecule has 4 nitrogen and oxygen atoms in total. The van der Waals surface area contributed by atoms with Gasteiger partial charge in [0, 0.05) is 27.5 Å². The van der Waals surface area contributed by atoms with Crippen LogP contribution in [0, 0.1) is 0 Å². The topological polar surface area (TPSA) is 43.3 Å². The van der Waals surface area contributed by atoms with E-state index in [2.05, 4.69) is 17.4 Å². The molecule has 0 saturated carbocycles. The van der Waals surface area contributed by atoms with Gasteiger partial charge in [-0.15, -0.1) is 11.3 Å². The fourth-order valence-corrected chi connectivity index (χ4v) is 5.09.